The number of methoxy groups -OCH3 is 1. The number of pyridine rings is 1. The zero-order valence-corrected chi connectivity index (χ0v) is 23.1. The van der Waals surface area contributed by atoms with Gasteiger partial charge in [0.25, 0.3) is 0 Å². The molecule has 0 aliphatic carbocycles. The van der Waals surface area contributed by atoms with Crippen molar-refractivity contribution in [1.29, 1.82) is 0 Å². The molecular weight excluding hydrogens is 530 g/mol. The maximum absolute atomic E-state index is 13.8. The molecule has 0 atom stereocenters. The van der Waals surface area contributed by atoms with E-state index in [0.717, 1.165) is 80.4 Å². The third kappa shape index (κ3) is 7.16. The van der Waals surface area contributed by atoms with Crippen LogP contribution in [0.2, 0.25) is 5.02 Å². The summed E-state index contributed by atoms with van der Waals surface area (Å²) in [5.41, 5.74) is 1.62. The molecule has 1 N–H and O–H groups in total. The molecule has 1 fully saturated rings. The first-order valence-corrected chi connectivity index (χ1v) is 14.3. The SMILES string of the molecule is COc1ccc2ncc(Cl)c(CCCC3(CC(=O)O)CCN(CCCSc4c(F)cccc4F)CC3)c2c1. The minimum absolute atomic E-state index is 0.0761. The topological polar surface area (TPSA) is 62.7 Å². The summed E-state index contributed by atoms with van der Waals surface area (Å²) in [7, 11) is 1.63. The van der Waals surface area contributed by atoms with Crippen LogP contribution in [-0.2, 0) is 11.2 Å². The molecule has 0 radical (unpaired) electrons. The Morgan fingerprint density at radius 2 is 1.92 bits per heavy atom. The fourth-order valence-electron chi connectivity index (χ4n) is 5.39. The highest BCUT2D eigenvalue weighted by Gasteiger charge is 2.36. The number of hydrogen-bond acceptors (Lipinski definition) is 5. The molecule has 1 aliphatic heterocycles. The first-order chi connectivity index (χ1) is 18.3. The molecule has 5 nitrogen and oxygen atoms in total. The van der Waals surface area contributed by atoms with Gasteiger partial charge in [0.05, 0.1) is 29.0 Å². The zero-order valence-electron chi connectivity index (χ0n) is 21.5. The van der Waals surface area contributed by atoms with Gasteiger partial charge in [-0.25, -0.2) is 8.78 Å². The van der Waals surface area contributed by atoms with Crippen LogP contribution in [0.25, 0.3) is 10.9 Å². The lowest BCUT2D eigenvalue weighted by Gasteiger charge is -2.41. The summed E-state index contributed by atoms with van der Waals surface area (Å²) in [6.07, 6.45) is 6.63. The molecule has 0 saturated carbocycles. The van der Waals surface area contributed by atoms with E-state index in [0.29, 0.717) is 10.8 Å². The van der Waals surface area contributed by atoms with Gasteiger partial charge in [-0.1, -0.05) is 17.7 Å². The number of likely N-dealkylation sites (tertiary alicyclic amines) is 1. The summed E-state index contributed by atoms with van der Waals surface area (Å²) in [6.45, 7) is 2.47. The first kappa shape index (κ1) is 28.6. The number of aliphatic carboxylic acids is 1. The molecule has 1 saturated heterocycles. The van der Waals surface area contributed by atoms with Gasteiger partial charge in [0.2, 0.25) is 0 Å². The molecule has 0 spiro atoms. The number of ether oxygens (including phenoxy) is 1. The van der Waals surface area contributed by atoms with E-state index >= 15 is 0 Å². The summed E-state index contributed by atoms with van der Waals surface area (Å²) < 4.78 is 33.0. The fraction of sp³-hybridized carbons (Fsp3) is 0.448. The second kappa shape index (κ2) is 13.1. The predicted molar refractivity (Wildman–Crippen MR) is 148 cm³/mol. The van der Waals surface area contributed by atoms with Crippen LogP contribution in [-0.4, -0.2) is 53.5 Å². The number of carbonyl (C=O) groups is 1. The minimum atomic E-state index is -0.765. The van der Waals surface area contributed by atoms with Crippen molar-refractivity contribution in [3.8, 4) is 5.75 Å². The van der Waals surface area contributed by atoms with E-state index in [-0.39, 0.29) is 16.7 Å². The van der Waals surface area contributed by atoms with Crippen LogP contribution in [0.4, 0.5) is 8.78 Å². The van der Waals surface area contributed by atoms with Crippen LogP contribution in [0.5, 0.6) is 5.75 Å². The molecular formula is C29H33ClF2N2O3S. The van der Waals surface area contributed by atoms with Crippen molar-refractivity contribution < 1.29 is 23.4 Å². The van der Waals surface area contributed by atoms with E-state index in [1.165, 1.54) is 30.0 Å². The number of benzene rings is 2. The van der Waals surface area contributed by atoms with Gasteiger partial charge >= 0.3 is 5.97 Å². The molecule has 3 aromatic rings. The lowest BCUT2D eigenvalue weighted by atomic mass is 9.72. The molecule has 0 amide bonds. The second-order valence-electron chi connectivity index (χ2n) is 9.99. The summed E-state index contributed by atoms with van der Waals surface area (Å²) in [5, 5.41) is 11.2. The van der Waals surface area contributed by atoms with Gasteiger partial charge in [-0.2, -0.15) is 0 Å². The Balaban J connectivity index is 1.31. The first-order valence-electron chi connectivity index (χ1n) is 12.9. The van der Waals surface area contributed by atoms with E-state index in [1.54, 1.807) is 13.3 Å². The highest BCUT2D eigenvalue weighted by atomic mass is 35.5. The van der Waals surface area contributed by atoms with E-state index in [2.05, 4.69) is 9.88 Å². The zero-order chi connectivity index (χ0) is 27.1. The van der Waals surface area contributed by atoms with Gasteiger partial charge in [-0.15, -0.1) is 11.8 Å². The van der Waals surface area contributed by atoms with Gasteiger partial charge in [-0.3, -0.25) is 9.78 Å². The van der Waals surface area contributed by atoms with Crippen molar-refractivity contribution in [2.75, 3.05) is 32.5 Å². The van der Waals surface area contributed by atoms with Crippen molar-refractivity contribution in [2.24, 2.45) is 5.41 Å². The Morgan fingerprint density at radius 1 is 1.18 bits per heavy atom. The highest BCUT2D eigenvalue weighted by molar-refractivity contribution is 7.99. The number of carboxylic acids is 1. The number of aromatic nitrogens is 1. The van der Waals surface area contributed by atoms with Crippen LogP contribution in [0.3, 0.4) is 0 Å². The Hall–Kier alpha value is -2.42. The number of aryl methyl sites for hydroxylation is 1. The van der Waals surface area contributed by atoms with Crippen molar-refractivity contribution in [1.82, 2.24) is 9.88 Å². The Bertz CT molecular complexity index is 1250. The number of fused-ring (bicyclic) bond motifs is 1. The van der Waals surface area contributed by atoms with E-state index < -0.39 is 17.6 Å². The Labute approximate surface area is 231 Å². The van der Waals surface area contributed by atoms with Crippen LogP contribution in [0, 0.1) is 17.0 Å². The number of rotatable bonds is 12. The molecule has 2 aromatic carbocycles. The van der Waals surface area contributed by atoms with Crippen molar-refractivity contribution in [3.05, 3.63) is 64.8 Å². The average Bonchev–Trinajstić information content (AvgIpc) is 2.89. The van der Waals surface area contributed by atoms with Crippen molar-refractivity contribution in [2.45, 2.75) is 49.8 Å². The smallest absolute Gasteiger partial charge is 0.303 e. The summed E-state index contributed by atoms with van der Waals surface area (Å²) in [5.74, 6) is -0.438. The van der Waals surface area contributed by atoms with Gasteiger partial charge in [-0.05, 0) is 105 Å². The molecule has 0 unspecified atom stereocenters. The maximum atomic E-state index is 13.8. The largest absolute Gasteiger partial charge is 0.497 e. The Kier molecular flexibility index (Phi) is 9.85. The average molecular weight is 563 g/mol. The van der Waals surface area contributed by atoms with Gasteiger partial charge in [0.15, 0.2) is 0 Å². The standard InChI is InChI=1S/C29H33ClF2N2O3S/c1-37-20-8-9-26-22(17-20)21(23(30)19-33-26)5-3-10-29(18-27(35)36)11-14-34(15-12-29)13-4-16-38-28-24(31)6-2-7-25(28)32/h2,6-9,17,19H,3-5,10-16,18H2,1H3,(H,35,36). The summed E-state index contributed by atoms with van der Waals surface area (Å²) >= 11 is 7.73. The van der Waals surface area contributed by atoms with Crippen LogP contribution >= 0.6 is 23.4 Å². The molecule has 1 aromatic heterocycles. The quantitative estimate of drug-likeness (QED) is 0.185. The maximum Gasteiger partial charge on any atom is 0.303 e. The molecule has 4 rings (SSSR count). The second-order valence-corrected chi connectivity index (χ2v) is 11.5. The van der Waals surface area contributed by atoms with Gasteiger partial charge in [0.1, 0.15) is 17.4 Å². The number of halogens is 3. The van der Waals surface area contributed by atoms with Gasteiger partial charge < -0.3 is 14.7 Å². The summed E-state index contributed by atoms with van der Waals surface area (Å²) in [6, 6.07) is 9.67. The number of thioether (sulfide) groups is 1. The molecule has 2 heterocycles. The monoisotopic (exact) mass is 562 g/mol. The number of piperidine rings is 1. The van der Waals surface area contributed by atoms with E-state index in [9.17, 15) is 18.7 Å². The lowest BCUT2D eigenvalue weighted by molar-refractivity contribution is -0.140. The number of nitrogens with zero attached hydrogens (tertiary/aromatic N) is 2. The number of hydrogen-bond donors (Lipinski definition) is 1. The van der Waals surface area contributed by atoms with E-state index in [4.69, 9.17) is 16.3 Å². The highest BCUT2D eigenvalue weighted by Crippen LogP contribution is 2.41. The normalized spacial score (nSPS) is 15.6. The van der Waals surface area contributed by atoms with Crippen LogP contribution in [0.15, 0.2) is 47.5 Å². The van der Waals surface area contributed by atoms with Gasteiger partial charge in [0, 0.05) is 11.6 Å². The molecule has 1 aliphatic rings. The number of carboxylic acid groups (broad SMARTS) is 1. The van der Waals surface area contributed by atoms with E-state index in [1.807, 2.05) is 18.2 Å². The van der Waals surface area contributed by atoms with Crippen LogP contribution in [0.1, 0.15) is 44.1 Å². The minimum Gasteiger partial charge on any atom is -0.497 e. The molecule has 38 heavy (non-hydrogen) atoms. The molecule has 9 heteroatoms. The molecule has 0 bridgehead atoms. The summed E-state index contributed by atoms with van der Waals surface area (Å²) in [4.78, 5) is 18.6. The van der Waals surface area contributed by atoms with Crippen molar-refractivity contribution in [3.63, 3.8) is 0 Å². The Morgan fingerprint density at radius 3 is 2.61 bits per heavy atom. The third-order valence-corrected chi connectivity index (χ3v) is 8.99. The third-order valence-electron chi connectivity index (χ3n) is 7.49. The van der Waals surface area contributed by atoms with Crippen LogP contribution < -0.4 is 4.74 Å². The predicted octanol–water partition coefficient (Wildman–Crippen LogP) is 7.24. The fourth-order valence-corrected chi connectivity index (χ4v) is 6.53. The lowest BCUT2D eigenvalue weighted by Crippen LogP contribution is -2.41. The molecule has 204 valence electrons. The van der Waals surface area contributed by atoms with Crippen molar-refractivity contribution >= 4 is 40.2 Å².